The Morgan fingerprint density at radius 2 is 2.25 bits per heavy atom. The number of nitrogens with zero attached hydrogens (tertiary/aromatic N) is 1. The van der Waals surface area contributed by atoms with Gasteiger partial charge in [0.25, 0.3) is 0 Å². The molecule has 0 radical (unpaired) electrons. The van der Waals surface area contributed by atoms with Gasteiger partial charge in [0.1, 0.15) is 0 Å². The number of urea groups is 1. The van der Waals surface area contributed by atoms with Crippen LogP contribution in [-0.2, 0) is 9.47 Å². The molecule has 2 aliphatic rings. The molecule has 2 heterocycles. The highest BCUT2D eigenvalue weighted by molar-refractivity contribution is 5.74. The Morgan fingerprint density at radius 3 is 3.00 bits per heavy atom. The summed E-state index contributed by atoms with van der Waals surface area (Å²) in [5.74, 6) is 0. The van der Waals surface area contributed by atoms with Crippen LogP contribution in [-0.4, -0.2) is 56.0 Å². The van der Waals surface area contributed by atoms with Gasteiger partial charge in [-0.2, -0.15) is 0 Å². The maximum absolute atomic E-state index is 12.0. The third kappa shape index (κ3) is 4.94. The number of hydrogen-bond donors (Lipinski definition) is 1. The van der Waals surface area contributed by atoms with Crippen LogP contribution in [0.1, 0.15) is 45.4 Å². The molecule has 0 aromatic rings. The number of nitrogens with one attached hydrogen (secondary N) is 1. The first-order valence-corrected chi connectivity index (χ1v) is 8.01. The number of hydrogen-bond acceptors (Lipinski definition) is 3. The minimum atomic E-state index is 0.0799. The first-order chi connectivity index (χ1) is 9.77. The molecule has 2 aliphatic heterocycles. The fourth-order valence-corrected chi connectivity index (χ4v) is 2.86. The number of piperidine rings is 1. The average molecular weight is 284 g/mol. The van der Waals surface area contributed by atoms with E-state index >= 15 is 0 Å². The van der Waals surface area contributed by atoms with E-state index < -0.39 is 0 Å². The smallest absolute Gasteiger partial charge is 0.317 e. The van der Waals surface area contributed by atoms with Crippen LogP contribution in [0.2, 0.25) is 0 Å². The second-order valence-electron chi connectivity index (χ2n) is 5.83. The molecule has 116 valence electrons. The minimum absolute atomic E-state index is 0.0799. The van der Waals surface area contributed by atoms with Crippen molar-refractivity contribution in [2.45, 2.75) is 57.6 Å². The standard InChI is InChI=1S/C15H28N2O3/c1-13-6-2-3-9-17(13)15(18)16-8-5-10-19-12-14-7-4-11-20-14/h13-14H,2-12H2,1H3,(H,16,18). The van der Waals surface area contributed by atoms with E-state index in [1.165, 1.54) is 6.42 Å². The van der Waals surface area contributed by atoms with Crippen LogP contribution in [0.15, 0.2) is 0 Å². The van der Waals surface area contributed by atoms with Crippen molar-refractivity contribution in [1.82, 2.24) is 10.2 Å². The molecule has 0 saturated carbocycles. The van der Waals surface area contributed by atoms with Gasteiger partial charge in [0.15, 0.2) is 0 Å². The Hall–Kier alpha value is -0.810. The van der Waals surface area contributed by atoms with Gasteiger partial charge in [-0.05, 0) is 45.4 Å². The van der Waals surface area contributed by atoms with Gasteiger partial charge in [0.2, 0.25) is 0 Å². The molecule has 0 spiro atoms. The zero-order valence-corrected chi connectivity index (χ0v) is 12.6. The largest absolute Gasteiger partial charge is 0.379 e. The summed E-state index contributed by atoms with van der Waals surface area (Å²) in [6.45, 7) is 5.96. The lowest BCUT2D eigenvalue weighted by molar-refractivity contribution is 0.0167. The molecule has 5 nitrogen and oxygen atoms in total. The van der Waals surface area contributed by atoms with Gasteiger partial charge in [0, 0.05) is 32.3 Å². The third-order valence-electron chi connectivity index (χ3n) is 4.13. The predicted octanol–water partition coefficient (Wildman–Crippen LogP) is 2.16. The Balaban J connectivity index is 1.48. The van der Waals surface area contributed by atoms with E-state index in [0.29, 0.717) is 31.9 Å². The second-order valence-corrected chi connectivity index (χ2v) is 5.83. The molecule has 0 aromatic heterocycles. The molecule has 2 saturated heterocycles. The molecule has 1 N–H and O–H groups in total. The summed E-state index contributed by atoms with van der Waals surface area (Å²) in [5.41, 5.74) is 0. The molecular weight excluding hydrogens is 256 g/mol. The van der Waals surface area contributed by atoms with E-state index in [4.69, 9.17) is 9.47 Å². The predicted molar refractivity (Wildman–Crippen MR) is 77.8 cm³/mol. The van der Waals surface area contributed by atoms with Gasteiger partial charge >= 0.3 is 6.03 Å². The lowest BCUT2D eigenvalue weighted by Gasteiger charge is -2.33. The number of carbonyl (C=O) groups excluding carboxylic acids is 1. The lowest BCUT2D eigenvalue weighted by atomic mass is 10.0. The molecule has 5 heteroatoms. The van der Waals surface area contributed by atoms with Crippen molar-refractivity contribution in [2.75, 3.05) is 32.9 Å². The van der Waals surface area contributed by atoms with E-state index in [0.717, 1.165) is 45.3 Å². The first kappa shape index (κ1) is 15.6. The zero-order valence-electron chi connectivity index (χ0n) is 12.6. The SMILES string of the molecule is CC1CCCCN1C(=O)NCCCOCC1CCCO1. The minimum Gasteiger partial charge on any atom is -0.379 e. The summed E-state index contributed by atoms with van der Waals surface area (Å²) in [5, 5.41) is 2.99. The third-order valence-corrected chi connectivity index (χ3v) is 4.13. The van der Waals surface area contributed by atoms with Crippen LogP contribution < -0.4 is 5.32 Å². The first-order valence-electron chi connectivity index (χ1n) is 8.01. The maximum Gasteiger partial charge on any atom is 0.317 e. The van der Waals surface area contributed by atoms with Gasteiger partial charge in [-0.15, -0.1) is 0 Å². The highest BCUT2D eigenvalue weighted by atomic mass is 16.5. The van der Waals surface area contributed by atoms with Crippen molar-refractivity contribution in [2.24, 2.45) is 0 Å². The molecule has 20 heavy (non-hydrogen) atoms. The highest BCUT2D eigenvalue weighted by Crippen LogP contribution is 2.16. The number of ether oxygens (including phenoxy) is 2. The fraction of sp³-hybridized carbons (Fsp3) is 0.933. The average Bonchev–Trinajstić information content (AvgIpc) is 2.96. The van der Waals surface area contributed by atoms with Crippen molar-refractivity contribution in [3.63, 3.8) is 0 Å². The molecule has 2 unspecified atom stereocenters. The van der Waals surface area contributed by atoms with E-state index in [9.17, 15) is 4.79 Å². The Morgan fingerprint density at radius 1 is 1.35 bits per heavy atom. The van der Waals surface area contributed by atoms with Crippen LogP contribution in [0.5, 0.6) is 0 Å². The van der Waals surface area contributed by atoms with E-state index in [-0.39, 0.29) is 6.03 Å². The zero-order chi connectivity index (χ0) is 14.2. The summed E-state index contributed by atoms with van der Waals surface area (Å²) in [6.07, 6.45) is 6.91. The van der Waals surface area contributed by atoms with Crippen LogP contribution in [0.3, 0.4) is 0 Å². The van der Waals surface area contributed by atoms with Gasteiger partial charge in [-0.1, -0.05) is 0 Å². The number of amides is 2. The Bertz CT molecular complexity index is 293. The topological polar surface area (TPSA) is 50.8 Å². The van der Waals surface area contributed by atoms with Crippen LogP contribution in [0.4, 0.5) is 4.79 Å². The van der Waals surface area contributed by atoms with Crippen molar-refractivity contribution in [3.05, 3.63) is 0 Å². The molecule has 0 bridgehead atoms. The van der Waals surface area contributed by atoms with Crippen LogP contribution in [0.25, 0.3) is 0 Å². The maximum atomic E-state index is 12.0. The molecular formula is C15H28N2O3. The monoisotopic (exact) mass is 284 g/mol. The number of likely N-dealkylation sites (tertiary alicyclic amines) is 1. The molecule has 0 aromatic carbocycles. The van der Waals surface area contributed by atoms with E-state index in [1.807, 2.05) is 4.90 Å². The normalized spacial score (nSPS) is 26.8. The van der Waals surface area contributed by atoms with E-state index in [1.54, 1.807) is 0 Å². The Kier molecular flexibility index (Phi) is 6.60. The van der Waals surface area contributed by atoms with Crippen molar-refractivity contribution < 1.29 is 14.3 Å². The van der Waals surface area contributed by atoms with Crippen molar-refractivity contribution in [3.8, 4) is 0 Å². The lowest BCUT2D eigenvalue weighted by Crippen LogP contribution is -2.47. The summed E-state index contributed by atoms with van der Waals surface area (Å²) in [4.78, 5) is 14.0. The van der Waals surface area contributed by atoms with E-state index in [2.05, 4.69) is 12.2 Å². The Labute approximate surface area is 122 Å². The van der Waals surface area contributed by atoms with Crippen molar-refractivity contribution in [1.29, 1.82) is 0 Å². The second kappa shape index (κ2) is 8.47. The van der Waals surface area contributed by atoms with Crippen LogP contribution in [0, 0.1) is 0 Å². The molecule has 0 aliphatic carbocycles. The quantitative estimate of drug-likeness (QED) is 0.760. The van der Waals surface area contributed by atoms with Crippen molar-refractivity contribution >= 4 is 6.03 Å². The summed E-state index contributed by atoms with van der Waals surface area (Å²) in [6, 6.07) is 0.454. The number of carbonyl (C=O) groups is 1. The molecule has 2 atom stereocenters. The molecule has 2 rings (SSSR count). The summed E-state index contributed by atoms with van der Waals surface area (Å²) in [7, 11) is 0. The molecule has 2 fully saturated rings. The number of rotatable bonds is 6. The van der Waals surface area contributed by atoms with Gasteiger partial charge in [0.05, 0.1) is 12.7 Å². The summed E-state index contributed by atoms with van der Waals surface area (Å²) >= 11 is 0. The highest BCUT2D eigenvalue weighted by Gasteiger charge is 2.22. The molecule has 2 amide bonds. The fourth-order valence-electron chi connectivity index (χ4n) is 2.86. The van der Waals surface area contributed by atoms with Crippen LogP contribution >= 0.6 is 0 Å². The van der Waals surface area contributed by atoms with Gasteiger partial charge < -0.3 is 19.7 Å². The summed E-state index contributed by atoms with van der Waals surface area (Å²) < 4.78 is 11.1. The van der Waals surface area contributed by atoms with Gasteiger partial charge in [-0.3, -0.25) is 0 Å². The van der Waals surface area contributed by atoms with Gasteiger partial charge in [-0.25, -0.2) is 4.79 Å².